The van der Waals surface area contributed by atoms with E-state index in [1.54, 1.807) is 0 Å². The molecule has 0 atom stereocenters. The number of para-hydroxylation sites is 1. The number of aromatic nitrogens is 2. The van der Waals surface area contributed by atoms with Gasteiger partial charge < -0.3 is 20.9 Å². The molecule has 1 aliphatic carbocycles. The molecule has 0 spiro atoms. The lowest BCUT2D eigenvalue weighted by Crippen LogP contribution is -2.42. The zero-order valence-corrected chi connectivity index (χ0v) is 19.1. The first kappa shape index (κ1) is 21.9. The second-order valence-corrected chi connectivity index (χ2v) is 8.63. The minimum atomic E-state index is -0.136. The van der Waals surface area contributed by atoms with E-state index < -0.39 is 0 Å². The predicted molar refractivity (Wildman–Crippen MR) is 132 cm³/mol. The molecule has 2 aromatic carbocycles. The van der Waals surface area contributed by atoms with E-state index in [0.717, 1.165) is 54.5 Å². The van der Waals surface area contributed by atoms with Crippen LogP contribution in [0, 0.1) is 0 Å². The molecule has 2 amide bonds. The maximum atomic E-state index is 12.4. The summed E-state index contributed by atoms with van der Waals surface area (Å²) in [5.41, 5.74) is 2.98. The second-order valence-electron chi connectivity index (χ2n) is 8.63. The fourth-order valence-corrected chi connectivity index (χ4v) is 4.25. The number of hydrogen-bond donors (Lipinski definition) is 3. The molecule has 1 aromatic heterocycles. The Hall–Kier alpha value is -3.35. The van der Waals surface area contributed by atoms with Gasteiger partial charge in [0.05, 0.1) is 5.52 Å². The van der Waals surface area contributed by atoms with Crippen LogP contribution in [-0.4, -0.2) is 42.2 Å². The van der Waals surface area contributed by atoms with Crippen molar-refractivity contribution in [3.05, 3.63) is 54.1 Å². The summed E-state index contributed by atoms with van der Waals surface area (Å²) >= 11 is 0. The molecule has 4 rings (SSSR count). The average Bonchev–Trinajstić information content (AvgIpc) is 2.80. The smallest absolute Gasteiger partial charge is 0.319 e. The number of rotatable bonds is 6. The summed E-state index contributed by atoms with van der Waals surface area (Å²) in [4.78, 5) is 23.9. The first-order valence-electron chi connectivity index (χ1n) is 11.4. The van der Waals surface area contributed by atoms with Crippen LogP contribution >= 0.6 is 0 Å². The summed E-state index contributed by atoms with van der Waals surface area (Å²) in [5.74, 6) is 1.58. The molecule has 0 radical (unpaired) electrons. The van der Waals surface area contributed by atoms with Crippen molar-refractivity contribution in [1.29, 1.82) is 0 Å². The zero-order valence-electron chi connectivity index (χ0n) is 19.1. The Balaban J connectivity index is 1.31. The summed E-state index contributed by atoms with van der Waals surface area (Å²) in [6, 6.07) is 16.4. The van der Waals surface area contributed by atoms with Gasteiger partial charge in [-0.3, -0.25) is 0 Å². The molecule has 1 aliphatic rings. The third kappa shape index (κ3) is 5.28. The predicted octanol–water partition coefficient (Wildman–Crippen LogP) is 4.80. The minimum absolute atomic E-state index is 0.136. The van der Waals surface area contributed by atoms with E-state index >= 15 is 0 Å². The van der Waals surface area contributed by atoms with Crippen molar-refractivity contribution in [3.8, 4) is 0 Å². The molecule has 0 bridgehead atoms. The second kappa shape index (κ2) is 9.85. The molecule has 0 saturated heterocycles. The fraction of sp³-hybridized carbons (Fsp3) is 0.400. The lowest BCUT2D eigenvalue weighted by atomic mass is 9.91. The average molecular weight is 433 g/mol. The third-order valence-electron chi connectivity index (χ3n) is 6.00. The lowest BCUT2D eigenvalue weighted by Gasteiger charge is -2.30. The molecular weight excluding hydrogens is 400 g/mol. The highest BCUT2D eigenvalue weighted by atomic mass is 16.2. The monoisotopic (exact) mass is 432 g/mol. The standard InChI is InChI=1S/C25H32N6O/c1-4-17-8-7-9-20(16-17)28-25(32)27-19-14-12-18(13-15-19)26-24-29-22-11-6-5-10-21(22)23(30-24)31(2)3/h5-11,16,18-19H,4,12-15H2,1-3H3,(H,26,29,30)(H2,27,28,32). The van der Waals surface area contributed by atoms with Crippen LogP contribution in [0.1, 0.15) is 38.2 Å². The largest absolute Gasteiger partial charge is 0.362 e. The van der Waals surface area contributed by atoms with Crippen LogP contribution in [0.15, 0.2) is 48.5 Å². The van der Waals surface area contributed by atoms with Crippen molar-refractivity contribution < 1.29 is 4.79 Å². The lowest BCUT2D eigenvalue weighted by molar-refractivity contribution is 0.243. The number of nitrogens with zero attached hydrogens (tertiary/aromatic N) is 3. The van der Waals surface area contributed by atoms with Gasteiger partial charge in [-0.1, -0.05) is 31.2 Å². The number of carbonyl (C=O) groups is 1. The van der Waals surface area contributed by atoms with Crippen LogP contribution in [0.5, 0.6) is 0 Å². The molecule has 7 nitrogen and oxygen atoms in total. The topological polar surface area (TPSA) is 82.2 Å². The van der Waals surface area contributed by atoms with Gasteiger partial charge in [-0.2, -0.15) is 4.98 Å². The Morgan fingerprint density at radius 3 is 2.50 bits per heavy atom. The first-order chi connectivity index (χ1) is 15.5. The highest BCUT2D eigenvalue weighted by Gasteiger charge is 2.23. The summed E-state index contributed by atoms with van der Waals surface area (Å²) in [6.07, 6.45) is 4.72. The molecule has 3 N–H and O–H groups in total. The fourth-order valence-electron chi connectivity index (χ4n) is 4.25. The maximum Gasteiger partial charge on any atom is 0.319 e. The normalized spacial score (nSPS) is 18.2. The van der Waals surface area contributed by atoms with Crippen LogP contribution < -0.4 is 20.9 Å². The van der Waals surface area contributed by atoms with Crippen LogP contribution in [0.4, 0.5) is 22.2 Å². The van der Waals surface area contributed by atoms with Gasteiger partial charge in [0.15, 0.2) is 0 Å². The Morgan fingerprint density at radius 1 is 1.00 bits per heavy atom. The van der Waals surface area contributed by atoms with Crippen LogP contribution in [-0.2, 0) is 6.42 Å². The Bertz CT molecular complexity index is 1070. The van der Waals surface area contributed by atoms with E-state index in [4.69, 9.17) is 9.97 Å². The molecule has 1 saturated carbocycles. The Morgan fingerprint density at radius 2 is 1.75 bits per heavy atom. The summed E-state index contributed by atoms with van der Waals surface area (Å²) < 4.78 is 0. The number of amides is 2. The maximum absolute atomic E-state index is 12.4. The van der Waals surface area contributed by atoms with Crippen LogP contribution in [0.3, 0.4) is 0 Å². The number of hydrogen-bond acceptors (Lipinski definition) is 5. The van der Waals surface area contributed by atoms with Crippen molar-refractivity contribution in [2.75, 3.05) is 29.6 Å². The summed E-state index contributed by atoms with van der Waals surface area (Å²) in [7, 11) is 4.00. The SMILES string of the molecule is CCc1cccc(NC(=O)NC2CCC(Nc3nc(N(C)C)c4ccccc4n3)CC2)c1. The van der Waals surface area contributed by atoms with Gasteiger partial charge in [0, 0.05) is 37.3 Å². The Labute approximate surface area is 189 Å². The molecule has 0 aliphatic heterocycles. The first-order valence-corrected chi connectivity index (χ1v) is 11.4. The number of aryl methyl sites for hydroxylation is 1. The van der Waals surface area contributed by atoms with E-state index in [9.17, 15) is 4.79 Å². The quantitative estimate of drug-likeness (QED) is 0.521. The van der Waals surface area contributed by atoms with Crippen molar-refractivity contribution >= 4 is 34.4 Å². The highest BCUT2D eigenvalue weighted by Crippen LogP contribution is 2.26. The highest BCUT2D eigenvalue weighted by molar-refractivity contribution is 5.90. The number of carbonyl (C=O) groups excluding carboxylic acids is 1. The number of anilines is 3. The van der Waals surface area contributed by atoms with Crippen molar-refractivity contribution in [1.82, 2.24) is 15.3 Å². The molecule has 0 unspecified atom stereocenters. The summed E-state index contributed by atoms with van der Waals surface area (Å²) in [6.45, 7) is 2.11. The van der Waals surface area contributed by atoms with Gasteiger partial charge in [-0.15, -0.1) is 0 Å². The van der Waals surface area contributed by atoms with Gasteiger partial charge in [0.25, 0.3) is 0 Å². The van der Waals surface area contributed by atoms with E-state index in [2.05, 4.69) is 35.0 Å². The van der Waals surface area contributed by atoms with Crippen LogP contribution in [0.2, 0.25) is 0 Å². The molecule has 1 fully saturated rings. The van der Waals surface area contributed by atoms with E-state index in [1.165, 1.54) is 5.56 Å². The van der Waals surface area contributed by atoms with Crippen molar-refractivity contribution in [2.45, 2.75) is 51.1 Å². The van der Waals surface area contributed by atoms with Gasteiger partial charge in [-0.25, -0.2) is 9.78 Å². The van der Waals surface area contributed by atoms with E-state index in [-0.39, 0.29) is 12.1 Å². The van der Waals surface area contributed by atoms with Crippen molar-refractivity contribution in [3.63, 3.8) is 0 Å². The minimum Gasteiger partial charge on any atom is -0.362 e. The molecule has 7 heteroatoms. The number of nitrogens with one attached hydrogen (secondary N) is 3. The van der Waals surface area contributed by atoms with Crippen LogP contribution in [0.25, 0.3) is 10.9 Å². The zero-order chi connectivity index (χ0) is 22.5. The van der Waals surface area contributed by atoms with E-state index in [1.807, 2.05) is 55.4 Å². The van der Waals surface area contributed by atoms with Gasteiger partial charge in [-0.05, 0) is 61.9 Å². The summed E-state index contributed by atoms with van der Waals surface area (Å²) in [5, 5.41) is 10.6. The molecule has 1 heterocycles. The molecule has 32 heavy (non-hydrogen) atoms. The third-order valence-corrected chi connectivity index (χ3v) is 6.00. The molecular formula is C25H32N6O. The van der Waals surface area contributed by atoms with Gasteiger partial charge in [0.1, 0.15) is 5.82 Å². The molecule has 168 valence electrons. The molecule has 3 aromatic rings. The number of benzene rings is 2. The number of fused-ring (bicyclic) bond motifs is 1. The van der Waals surface area contributed by atoms with E-state index in [0.29, 0.717) is 12.0 Å². The number of urea groups is 1. The van der Waals surface area contributed by atoms with Gasteiger partial charge in [0.2, 0.25) is 5.95 Å². The Kier molecular flexibility index (Phi) is 6.73. The van der Waals surface area contributed by atoms with Gasteiger partial charge >= 0.3 is 6.03 Å². The van der Waals surface area contributed by atoms with Crippen molar-refractivity contribution in [2.24, 2.45) is 0 Å².